The van der Waals surface area contributed by atoms with Gasteiger partial charge in [0.25, 0.3) is 0 Å². The number of rotatable bonds is 3. The van der Waals surface area contributed by atoms with Crippen molar-refractivity contribution in [3.63, 3.8) is 0 Å². The molecule has 0 saturated heterocycles. The number of ether oxygens (including phenoxy) is 1. The van der Waals surface area contributed by atoms with Crippen LogP contribution in [0.25, 0.3) is 27.2 Å². The normalized spacial score (nSPS) is 22.0. The number of fused-ring (bicyclic) bond motifs is 14. The highest BCUT2D eigenvalue weighted by Crippen LogP contribution is 2.67. The molecule has 52 heavy (non-hydrogen) atoms. The maximum atomic E-state index is 6.76. The Balaban J connectivity index is 1.19. The zero-order chi connectivity index (χ0) is 34.2. The number of nitrogens with one attached hydrogen (secondary N) is 2. The number of hydrogen-bond acceptors (Lipinski definition) is 3. The lowest BCUT2D eigenvalue weighted by Crippen LogP contribution is -2.45. The smallest absolute Gasteiger partial charge is 0.131 e. The molecule has 0 bridgehead atoms. The Bertz CT molecular complexity index is 2590. The predicted molar refractivity (Wildman–Crippen MR) is 211 cm³/mol. The average Bonchev–Trinajstić information content (AvgIpc) is 3.52. The van der Waals surface area contributed by atoms with Gasteiger partial charge in [-0.15, -0.1) is 0 Å². The zero-order valence-corrected chi connectivity index (χ0v) is 28.5. The van der Waals surface area contributed by atoms with Crippen LogP contribution in [0.2, 0.25) is 0 Å². The van der Waals surface area contributed by atoms with E-state index in [1.165, 1.54) is 60.5 Å². The van der Waals surface area contributed by atoms with Gasteiger partial charge in [0.05, 0.1) is 11.5 Å². The molecule has 11 rings (SSSR count). The van der Waals surface area contributed by atoms with Gasteiger partial charge in [-0.3, -0.25) is 5.32 Å². The molecule has 0 saturated carbocycles. The van der Waals surface area contributed by atoms with Gasteiger partial charge in [0.1, 0.15) is 17.7 Å². The van der Waals surface area contributed by atoms with Crippen molar-refractivity contribution in [3.05, 3.63) is 221 Å². The highest BCUT2D eigenvalue weighted by molar-refractivity contribution is 6.12. The molecule has 4 atom stereocenters. The van der Waals surface area contributed by atoms with Gasteiger partial charge in [-0.2, -0.15) is 0 Å². The first-order valence-electron chi connectivity index (χ1n) is 18.3. The third-order valence-electron chi connectivity index (χ3n) is 11.9. The van der Waals surface area contributed by atoms with Crippen LogP contribution in [0.1, 0.15) is 45.5 Å². The molecule has 7 aromatic carbocycles. The molecule has 0 aromatic heterocycles. The van der Waals surface area contributed by atoms with Crippen molar-refractivity contribution in [1.82, 2.24) is 10.6 Å². The Kier molecular flexibility index (Phi) is 6.50. The van der Waals surface area contributed by atoms with Crippen molar-refractivity contribution in [2.75, 3.05) is 0 Å². The fourth-order valence-corrected chi connectivity index (χ4v) is 9.79. The van der Waals surface area contributed by atoms with E-state index in [1.54, 1.807) is 0 Å². The molecule has 0 radical (unpaired) electrons. The molecule has 3 nitrogen and oxygen atoms in total. The van der Waals surface area contributed by atoms with E-state index in [4.69, 9.17) is 4.74 Å². The first-order chi connectivity index (χ1) is 25.8. The molecule has 248 valence electrons. The maximum absolute atomic E-state index is 6.76. The summed E-state index contributed by atoms with van der Waals surface area (Å²) in [5.41, 5.74) is 9.62. The number of benzene rings is 7. The molecular formula is C49H36N2O. The van der Waals surface area contributed by atoms with E-state index in [2.05, 4.69) is 193 Å². The summed E-state index contributed by atoms with van der Waals surface area (Å²) in [4.78, 5) is 0. The summed E-state index contributed by atoms with van der Waals surface area (Å²) in [7, 11) is 0. The van der Waals surface area contributed by atoms with Crippen LogP contribution >= 0.6 is 0 Å². The molecule has 0 amide bonds. The Labute approximate surface area is 303 Å². The van der Waals surface area contributed by atoms with E-state index in [-0.39, 0.29) is 24.0 Å². The molecule has 3 heteroatoms. The molecular weight excluding hydrogens is 633 g/mol. The minimum Gasteiger partial charge on any atom is -0.457 e. The van der Waals surface area contributed by atoms with Crippen LogP contribution in [-0.4, -0.2) is 6.04 Å². The van der Waals surface area contributed by atoms with Gasteiger partial charge in [-0.05, 0) is 67.6 Å². The summed E-state index contributed by atoms with van der Waals surface area (Å²) in [5, 5.41) is 13.1. The van der Waals surface area contributed by atoms with Crippen molar-refractivity contribution in [3.8, 4) is 11.5 Å². The average molecular weight is 669 g/mol. The van der Waals surface area contributed by atoms with Crippen molar-refractivity contribution in [2.24, 2.45) is 5.92 Å². The van der Waals surface area contributed by atoms with Crippen LogP contribution in [0.3, 0.4) is 0 Å². The minimum atomic E-state index is -0.483. The van der Waals surface area contributed by atoms with Crippen molar-refractivity contribution >= 4 is 27.2 Å². The molecule has 2 aliphatic carbocycles. The van der Waals surface area contributed by atoms with E-state index in [1.807, 2.05) is 0 Å². The lowest BCUT2D eigenvalue weighted by Gasteiger charge is -2.44. The number of para-hydroxylation sites is 2. The summed E-state index contributed by atoms with van der Waals surface area (Å²) >= 11 is 0. The van der Waals surface area contributed by atoms with Gasteiger partial charge < -0.3 is 10.1 Å². The third kappa shape index (κ3) is 4.17. The van der Waals surface area contributed by atoms with E-state index in [0.717, 1.165) is 17.2 Å². The molecule has 2 heterocycles. The SMILES string of the molecule is C1=CC2c3c(c4ccccc4c4ccccc34)C3(c4ccccc4Oc4ccccc43)C2C=C1C1C=C(c2ccccc2)NC(c2ccccc2)N1. The molecule has 4 aliphatic rings. The predicted octanol–water partition coefficient (Wildman–Crippen LogP) is 10.9. The number of hydrogen-bond donors (Lipinski definition) is 2. The van der Waals surface area contributed by atoms with Crippen molar-refractivity contribution in [2.45, 2.75) is 23.5 Å². The fourth-order valence-electron chi connectivity index (χ4n) is 9.79. The van der Waals surface area contributed by atoms with Gasteiger partial charge in [-0.1, -0.05) is 164 Å². The van der Waals surface area contributed by atoms with Gasteiger partial charge in [0.2, 0.25) is 0 Å². The Hall–Kier alpha value is -6.16. The largest absolute Gasteiger partial charge is 0.457 e. The molecule has 7 aromatic rings. The maximum Gasteiger partial charge on any atom is 0.131 e. The molecule has 2 N–H and O–H groups in total. The van der Waals surface area contributed by atoms with E-state index in [9.17, 15) is 0 Å². The van der Waals surface area contributed by atoms with Crippen LogP contribution in [0, 0.1) is 5.92 Å². The van der Waals surface area contributed by atoms with Gasteiger partial charge in [0.15, 0.2) is 0 Å². The second-order valence-electron chi connectivity index (χ2n) is 14.4. The summed E-state index contributed by atoms with van der Waals surface area (Å²) in [6, 6.07) is 57.0. The van der Waals surface area contributed by atoms with Crippen LogP contribution in [-0.2, 0) is 5.41 Å². The summed E-state index contributed by atoms with van der Waals surface area (Å²) in [6.45, 7) is 0. The second kappa shape index (κ2) is 11.4. The topological polar surface area (TPSA) is 33.3 Å². The Morgan fingerprint density at radius 2 is 1.12 bits per heavy atom. The highest BCUT2D eigenvalue weighted by atomic mass is 16.5. The Morgan fingerprint density at radius 1 is 0.538 bits per heavy atom. The van der Waals surface area contributed by atoms with Crippen LogP contribution in [0.15, 0.2) is 188 Å². The fraction of sp³-hybridized carbons (Fsp3) is 0.102. The first kappa shape index (κ1) is 29.6. The lowest BCUT2D eigenvalue weighted by atomic mass is 9.60. The van der Waals surface area contributed by atoms with Gasteiger partial charge >= 0.3 is 0 Å². The molecule has 1 spiro atoms. The van der Waals surface area contributed by atoms with E-state index < -0.39 is 5.41 Å². The summed E-state index contributed by atoms with van der Waals surface area (Å²) < 4.78 is 6.76. The quantitative estimate of drug-likeness (QED) is 0.184. The zero-order valence-electron chi connectivity index (χ0n) is 28.5. The second-order valence-corrected chi connectivity index (χ2v) is 14.4. The van der Waals surface area contributed by atoms with Gasteiger partial charge in [0, 0.05) is 28.7 Å². The number of allylic oxidation sites excluding steroid dienone is 2. The van der Waals surface area contributed by atoms with Crippen LogP contribution in [0.5, 0.6) is 11.5 Å². The van der Waals surface area contributed by atoms with E-state index >= 15 is 0 Å². The lowest BCUT2D eigenvalue weighted by molar-refractivity contribution is 0.372. The summed E-state index contributed by atoms with van der Waals surface area (Å²) in [6.07, 6.45) is 9.83. The minimum absolute atomic E-state index is 0.0153. The van der Waals surface area contributed by atoms with Crippen LogP contribution < -0.4 is 15.4 Å². The molecule has 0 fully saturated rings. The third-order valence-corrected chi connectivity index (χ3v) is 11.9. The highest BCUT2D eigenvalue weighted by Gasteiger charge is 2.58. The monoisotopic (exact) mass is 668 g/mol. The Morgan fingerprint density at radius 3 is 1.83 bits per heavy atom. The van der Waals surface area contributed by atoms with E-state index in [0.29, 0.717) is 0 Å². The van der Waals surface area contributed by atoms with Crippen molar-refractivity contribution < 1.29 is 4.74 Å². The molecule has 4 unspecified atom stereocenters. The summed E-state index contributed by atoms with van der Waals surface area (Å²) in [5.74, 6) is 2.13. The standard InChI is InChI=1S/C49H36N2O/c1-3-15-31(16-4-1)42-30-43(51-48(50-42)32-17-5-2-6-18-32)33-27-28-38-41(29-33)49(39-23-11-13-25-44(39)52-45-26-14-12-24-40(45)49)47-37-22-10-8-20-35(37)34-19-7-9-21-36(34)46(38)47/h1-30,38,41,43,48,50-51H. The molecule has 2 aliphatic heterocycles. The van der Waals surface area contributed by atoms with Crippen molar-refractivity contribution in [1.29, 1.82) is 0 Å². The van der Waals surface area contributed by atoms with Crippen LogP contribution in [0.4, 0.5) is 0 Å². The van der Waals surface area contributed by atoms with Gasteiger partial charge in [-0.25, -0.2) is 0 Å². The first-order valence-corrected chi connectivity index (χ1v) is 18.3.